The molecule has 0 heterocycles. The van der Waals surface area contributed by atoms with Gasteiger partial charge in [0.25, 0.3) is 0 Å². The minimum atomic E-state index is -5.15. The molecule has 28 heavy (non-hydrogen) atoms. The summed E-state index contributed by atoms with van der Waals surface area (Å²) < 4.78 is 68.3. The summed E-state index contributed by atoms with van der Waals surface area (Å²) in [5, 5.41) is 0. The van der Waals surface area contributed by atoms with Gasteiger partial charge in [-0.3, -0.25) is 0 Å². The molecule has 0 radical (unpaired) electrons. The quantitative estimate of drug-likeness (QED) is 0.391. The summed E-state index contributed by atoms with van der Waals surface area (Å²) in [6.45, 7) is 2.01. The van der Waals surface area contributed by atoms with E-state index in [0.717, 1.165) is 49.8 Å². The molecule has 0 saturated heterocycles. The van der Waals surface area contributed by atoms with Crippen molar-refractivity contribution in [3.63, 3.8) is 0 Å². The van der Waals surface area contributed by atoms with E-state index in [9.17, 15) is 22.0 Å². The Labute approximate surface area is 160 Å². The Bertz CT molecular complexity index is 847. The molecular formula is C22H21F5O. The summed E-state index contributed by atoms with van der Waals surface area (Å²) in [5.74, 6) is -3.58. The molecule has 2 aromatic rings. The van der Waals surface area contributed by atoms with E-state index in [1.807, 2.05) is 25.1 Å². The molecule has 0 aliphatic heterocycles. The molecule has 1 nitrogen and oxygen atoms in total. The predicted molar refractivity (Wildman–Crippen MR) is 98.0 cm³/mol. The first-order chi connectivity index (χ1) is 13.3. The van der Waals surface area contributed by atoms with Gasteiger partial charge in [0.15, 0.2) is 11.6 Å². The average molecular weight is 396 g/mol. The first-order valence-electron chi connectivity index (χ1n) is 9.25. The highest BCUT2D eigenvalue weighted by Gasteiger charge is 2.34. The minimum absolute atomic E-state index is 0.183. The number of rotatable bonds is 5. The molecule has 0 amide bonds. The molecular weight excluding hydrogens is 375 g/mol. The Morgan fingerprint density at radius 1 is 1.04 bits per heavy atom. The number of halogens is 5. The number of allylic oxidation sites excluding steroid dienone is 2. The highest BCUT2D eigenvalue weighted by molar-refractivity contribution is 5.66. The van der Waals surface area contributed by atoms with Gasteiger partial charge in [-0.15, -0.1) is 13.2 Å². The first kappa shape index (κ1) is 20.4. The Morgan fingerprint density at radius 3 is 2.39 bits per heavy atom. The third-order valence-electron chi connectivity index (χ3n) is 5.06. The van der Waals surface area contributed by atoms with E-state index in [1.54, 1.807) is 6.07 Å². The molecule has 0 saturated carbocycles. The van der Waals surface area contributed by atoms with E-state index in [-0.39, 0.29) is 5.56 Å². The number of ether oxygens (including phenoxy) is 1. The maximum atomic E-state index is 14.0. The largest absolute Gasteiger partial charge is 0.573 e. The van der Waals surface area contributed by atoms with Crippen LogP contribution in [0.1, 0.15) is 37.3 Å². The van der Waals surface area contributed by atoms with Gasteiger partial charge in [-0.25, -0.2) is 8.78 Å². The van der Waals surface area contributed by atoms with E-state index in [4.69, 9.17) is 0 Å². The van der Waals surface area contributed by atoms with Crippen molar-refractivity contribution in [1.29, 1.82) is 0 Å². The van der Waals surface area contributed by atoms with Crippen molar-refractivity contribution in [3.05, 3.63) is 65.2 Å². The van der Waals surface area contributed by atoms with Gasteiger partial charge in [-0.1, -0.05) is 30.4 Å². The summed E-state index contributed by atoms with van der Waals surface area (Å²) in [5.41, 5.74) is 3.10. The third-order valence-corrected chi connectivity index (χ3v) is 5.06. The second-order valence-corrected chi connectivity index (χ2v) is 7.06. The summed E-state index contributed by atoms with van der Waals surface area (Å²) in [7, 11) is 0. The monoisotopic (exact) mass is 396 g/mol. The van der Waals surface area contributed by atoms with Crippen LogP contribution in [0.15, 0.2) is 42.5 Å². The van der Waals surface area contributed by atoms with E-state index >= 15 is 0 Å². The average Bonchev–Trinajstić information content (AvgIpc) is 2.63. The Morgan fingerprint density at radius 2 is 1.75 bits per heavy atom. The topological polar surface area (TPSA) is 9.23 Å². The lowest BCUT2D eigenvalue weighted by Crippen LogP contribution is -2.19. The normalized spacial score (nSPS) is 17.0. The predicted octanol–water partition coefficient (Wildman–Crippen LogP) is 6.99. The van der Waals surface area contributed by atoms with Crippen LogP contribution in [0.3, 0.4) is 0 Å². The number of hydrogen-bond acceptors (Lipinski definition) is 1. The van der Waals surface area contributed by atoms with E-state index in [2.05, 4.69) is 10.8 Å². The van der Waals surface area contributed by atoms with Gasteiger partial charge in [0.2, 0.25) is 5.75 Å². The lowest BCUT2D eigenvalue weighted by atomic mass is 9.80. The van der Waals surface area contributed by atoms with Crippen LogP contribution < -0.4 is 4.74 Å². The zero-order valence-corrected chi connectivity index (χ0v) is 15.5. The number of fused-ring (bicyclic) bond motifs is 1. The van der Waals surface area contributed by atoms with Crippen molar-refractivity contribution in [1.82, 2.24) is 0 Å². The van der Waals surface area contributed by atoms with E-state index < -0.39 is 23.7 Å². The molecule has 2 aromatic carbocycles. The van der Waals surface area contributed by atoms with Crippen LogP contribution in [0.25, 0.3) is 11.1 Å². The van der Waals surface area contributed by atoms with Crippen molar-refractivity contribution in [2.45, 2.75) is 45.4 Å². The zero-order chi connectivity index (χ0) is 20.3. The maximum Gasteiger partial charge on any atom is 0.573 e. The molecule has 0 spiro atoms. The fraction of sp³-hybridized carbons (Fsp3) is 0.364. The summed E-state index contributed by atoms with van der Waals surface area (Å²) in [6.07, 6.45) is 4.13. The number of benzene rings is 2. The standard InChI is InChI=1S/C22H21F5O/c1-2-3-4-5-14-6-7-16-11-17(9-8-15(16)10-14)18-12-19(23)21(20(24)13-18)28-22(25,26)27/h2-3,8-9,11-14H,4-7,10H2,1H3/b3-2+. The summed E-state index contributed by atoms with van der Waals surface area (Å²) in [6, 6.07) is 7.31. The molecule has 0 aromatic heterocycles. The van der Waals surface area contributed by atoms with Crippen LogP contribution in [0, 0.1) is 17.6 Å². The van der Waals surface area contributed by atoms with E-state index in [1.165, 1.54) is 5.56 Å². The Hall–Kier alpha value is -2.37. The molecule has 1 aliphatic rings. The van der Waals surface area contributed by atoms with Gasteiger partial charge in [0.1, 0.15) is 0 Å². The smallest absolute Gasteiger partial charge is 0.399 e. The lowest BCUT2D eigenvalue weighted by Gasteiger charge is -2.25. The molecule has 0 fully saturated rings. The van der Waals surface area contributed by atoms with Crippen LogP contribution >= 0.6 is 0 Å². The molecule has 3 rings (SSSR count). The summed E-state index contributed by atoms with van der Waals surface area (Å²) in [4.78, 5) is 0. The molecule has 1 atom stereocenters. The molecule has 150 valence electrons. The zero-order valence-electron chi connectivity index (χ0n) is 15.5. The number of hydrogen-bond donors (Lipinski definition) is 0. The van der Waals surface area contributed by atoms with Crippen LogP contribution in [0.5, 0.6) is 5.75 Å². The highest BCUT2D eigenvalue weighted by Crippen LogP contribution is 2.35. The molecule has 0 N–H and O–H groups in total. The molecule has 1 aliphatic carbocycles. The van der Waals surface area contributed by atoms with Crippen molar-refractivity contribution in [3.8, 4) is 16.9 Å². The van der Waals surface area contributed by atoms with E-state index in [0.29, 0.717) is 11.5 Å². The lowest BCUT2D eigenvalue weighted by molar-refractivity contribution is -0.276. The van der Waals surface area contributed by atoms with Gasteiger partial charge in [0, 0.05) is 0 Å². The van der Waals surface area contributed by atoms with Crippen molar-refractivity contribution in [2.75, 3.05) is 0 Å². The van der Waals surface area contributed by atoms with Crippen LogP contribution in [0.4, 0.5) is 22.0 Å². The van der Waals surface area contributed by atoms with Crippen molar-refractivity contribution < 1.29 is 26.7 Å². The molecule has 0 bridgehead atoms. The van der Waals surface area contributed by atoms with Gasteiger partial charge in [-0.2, -0.15) is 0 Å². The Kier molecular flexibility index (Phi) is 6.06. The highest BCUT2D eigenvalue weighted by atomic mass is 19.4. The SMILES string of the molecule is C/C=C/CCC1CCc2cc(-c3cc(F)c(OC(F)(F)F)c(F)c3)ccc2C1. The number of aryl methyl sites for hydroxylation is 1. The Balaban J connectivity index is 1.81. The fourth-order valence-electron chi connectivity index (χ4n) is 3.69. The van der Waals surface area contributed by atoms with Crippen LogP contribution in [0.2, 0.25) is 0 Å². The van der Waals surface area contributed by atoms with Crippen LogP contribution in [-0.4, -0.2) is 6.36 Å². The van der Waals surface area contributed by atoms with Gasteiger partial charge >= 0.3 is 6.36 Å². The van der Waals surface area contributed by atoms with Gasteiger partial charge < -0.3 is 4.74 Å². The van der Waals surface area contributed by atoms with Crippen LogP contribution in [-0.2, 0) is 12.8 Å². The minimum Gasteiger partial charge on any atom is -0.399 e. The summed E-state index contributed by atoms with van der Waals surface area (Å²) >= 11 is 0. The maximum absolute atomic E-state index is 14.0. The molecule has 1 unspecified atom stereocenters. The number of alkyl halides is 3. The second kappa shape index (κ2) is 8.33. The van der Waals surface area contributed by atoms with Crippen molar-refractivity contribution in [2.24, 2.45) is 5.92 Å². The third kappa shape index (κ3) is 4.91. The van der Waals surface area contributed by atoms with Gasteiger partial charge in [0.05, 0.1) is 0 Å². The first-order valence-corrected chi connectivity index (χ1v) is 9.25. The fourth-order valence-corrected chi connectivity index (χ4v) is 3.69. The molecule has 6 heteroatoms. The van der Waals surface area contributed by atoms with Gasteiger partial charge in [-0.05, 0) is 79.3 Å². The van der Waals surface area contributed by atoms with Crippen molar-refractivity contribution >= 4 is 0 Å². The second-order valence-electron chi connectivity index (χ2n) is 7.06.